The quantitative estimate of drug-likeness (QED) is 0.601. The van der Waals surface area contributed by atoms with Crippen molar-refractivity contribution >= 4 is 11.9 Å². The Morgan fingerprint density at radius 1 is 1.30 bits per heavy atom. The Morgan fingerprint density at radius 3 is 2.48 bits per heavy atom. The van der Waals surface area contributed by atoms with Gasteiger partial charge in [-0.05, 0) is 37.3 Å². The number of pyridine rings is 1. The Labute approximate surface area is 188 Å². The van der Waals surface area contributed by atoms with Crippen LogP contribution >= 0.6 is 0 Å². The number of rotatable bonds is 7. The number of nitrogens with two attached hydrogens (primary N) is 1. The van der Waals surface area contributed by atoms with Gasteiger partial charge in [0.15, 0.2) is 0 Å². The van der Waals surface area contributed by atoms with E-state index in [9.17, 15) is 14.9 Å². The molecule has 7 nitrogen and oxygen atoms in total. The minimum atomic E-state index is -3.44. The second kappa shape index (κ2) is 7.85. The highest BCUT2D eigenvalue weighted by Crippen LogP contribution is 2.74. The molecule has 1 spiro atoms. The first kappa shape index (κ1) is 23.3. The molecule has 1 aromatic rings. The molecule has 0 radical (unpaired) electrons. The van der Waals surface area contributed by atoms with E-state index in [-0.39, 0.29) is 31.5 Å². The van der Waals surface area contributed by atoms with Crippen molar-refractivity contribution in [3.63, 3.8) is 0 Å². The number of urea groups is 1. The fraction of sp³-hybridized carbons (Fsp3) is 0.636. The van der Waals surface area contributed by atoms with Crippen LogP contribution in [0.25, 0.3) is 0 Å². The van der Waals surface area contributed by atoms with Gasteiger partial charge in [0.05, 0.1) is 12.0 Å². The Hall–Kier alpha value is -2.90. The largest absolute Gasteiger partial charge is 0.351 e. The Balaban J connectivity index is 1.57. The zero-order valence-corrected chi connectivity index (χ0v) is 17.9. The van der Waals surface area contributed by atoms with Gasteiger partial charge in [0.2, 0.25) is 5.91 Å². The van der Waals surface area contributed by atoms with E-state index in [0.29, 0.717) is 12.8 Å². The van der Waals surface area contributed by atoms with Gasteiger partial charge in [-0.2, -0.15) is 5.26 Å². The average Bonchev–Trinajstić information content (AvgIpc) is 3.62. The molecule has 3 aliphatic rings. The van der Waals surface area contributed by atoms with Crippen LogP contribution in [0.2, 0.25) is 0 Å². The summed E-state index contributed by atoms with van der Waals surface area (Å²) < 4.78 is 60.4. The van der Waals surface area contributed by atoms with Gasteiger partial charge in [-0.15, -0.1) is 0 Å². The number of nitrogens with zero attached hydrogens (tertiary/aromatic N) is 3. The number of halogens is 4. The van der Waals surface area contributed by atoms with Crippen LogP contribution in [-0.2, 0) is 11.2 Å². The van der Waals surface area contributed by atoms with E-state index >= 15 is 17.6 Å². The van der Waals surface area contributed by atoms with Crippen molar-refractivity contribution < 1.29 is 27.2 Å². The summed E-state index contributed by atoms with van der Waals surface area (Å²) >= 11 is 0. The molecule has 178 valence electrons. The number of nitriles is 1. The van der Waals surface area contributed by atoms with Gasteiger partial charge in [-0.25, -0.2) is 22.4 Å². The molecule has 2 atom stereocenters. The highest BCUT2D eigenvalue weighted by atomic mass is 19.3. The van der Waals surface area contributed by atoms with Crippen molar-refractivity contribution in [2.45, 2.75) is 55.9 Å². The van der Waals surface area contributed by atoms with E-state index in [1.807, 2.05) is 6.07 Å². The van der Waals surface area contributed by atoms with Gasteiger partial charge in [0.1, 0.15) is 5.54 Å². The summed E-state index contributed by atoms with van der Waals surface area (Å²) in [5.41, 5.74) is 2.65. The lowest BCUT2D eigenvalue weighted by Crippen LogP contribution is -2.45. The number of aromatic nitrogens is 1. The number of hydrogen-bond acceptors (Lipinski definition) is 4. The molecule has 33 heavy (non-hydrogen) atoms. The number of primary amides is 1. The number of piperidine rings is 1. The zero-order valence-electron chi connectivity index (χ0n) is 17.9. The van der Waals surface area contributed by atoms with Crippen LogP contribution in [-0.4, -0.2) is 52.3 Å². The van der Waals surface area contributed by atoms with Crippen LogP contribution in [0.1, 0.15) is 37.7 Å². The molecule has 1 aliphatic heterocycles. The molecule has 1 aromatic heterocycles. The summed E-state index contributed by atoms with van der Waals surface area (Å²) in [6.07, 6.45) is 1.34. The monoisotopic (exact) mass is 467 g/mol. The molecule has 0 bridgehead atoms. The van der Waals surface area contributed by atoms with Crippen LogP contribution in [0.15, 0.2) is 24.5 Å². The predicted octanol–water partition coefficient (Wildman–Crippen LogP) is 2.86. The average molecular weight is 467 g/mol. The number of alkyl halides is 4. The van der Waals surface area contributed by atoms with Crippen molar-refractivity contribution in [3.05, 3.63) is 30.1 Å². The Morgan fingerprint density at radius 2 is 1.97 bits per heavy atom. The number of amides is 3. The molecule has 11 heteroatoms. The second-order valence-electron chi connectivity index (χ2n) is 9.47. The van der Waals surface area contributed by atoms with Crippen LogP contribution in [0.5, 0.6) is 0 Å². The Kier molecular flexibility index (Phi) is 5.53. The molecule has 1 unspecified atom stereocenters. The van der Waals surface area contributed by atoms with Crippen molar-refractivity contribution in [1.29, 1.82) is 5.26 Å². The fourth-order valence-corrected chi connectivity index (χ4v) is 5.22. The SMILES string of the molecule is N#CC1(NC(=O)[C@@H](CC(F)(F)Cc2cccnc2)C2C(F)(F)C23CCN(C(N)=O)CC3)CC1. The molecular weight excluding hydrogens is 442 g/mol. The van der Waals surface area contributed by atoms with Gasteiger partial charge in [0.25, 0.3) is 11.8 Å². The molecule has 4 rings (SSSR count). The number of carbonyl (C=O) groups is 2. The highest BCUT2D eigenvalue weighted by molar-refractivity contribution is 5.82. The third kappa shape index (κ3) is 4.23. The van der Waals surface area contributed by atoms with Crippen molar-refractivity contribution in [3.8, 4) is 6.07 Å². The summed E-state index contributed by atoms with van der Waals surface area (Å²) in [7, 11) is 0. The van der Waals surface area contributed by atoms with Crippen LogP contribution < -0.4 is 11.1 Å². The first-order chi connectivity index (χ1) is 15.5. The Bertz CT molecular complexity index is 969. The lowest BCUT2D eigenvalue weighted by molar-refractivity contribution is -0.132. The standard InChI is InChI=1S/C22H25F4N5O2/c23-21(24,10-14-2-1-7-29-12-14)11-15(17(32)30-19(13-27)3-4-19)16-20(22(16,25)26)5-8-31(9-6-20)18(28)33/h1-2,7,12,15-16H,3-6,8-11H2,(H2,28,33)(H,30,32)/t15-,16?/m0/s1. The number of hydrogen-bond donors (Lipinski definition) is 2. The van der Waals surface area contributed by atoms with Crippen molar-refractivity contribution in [1.82, 2.24) is 15.2 Å². The van der Waals surface area contributed by atoms with E-state index in [1.54, 1.807) is 0 Å². The molecule has 1 saturated heterocycles. The van der Waals surface area contributed by atoms with Gasteiger partial charge >= 0.3 is 6.03 Å². The topological polar surface area (TPSA) is 112 Å². The second-order valence-corrected chi connectivity index (χ2v) is 9.47. The van der Waals surface area contributed by atoms with E-state index in [2.05, 4.69) is 10.3 Å². The predicted molar refractivity (Wildman–Crippen MR) is 108 cm³/mol. The van der Waals surface area contributed by atoms with E-state index in [1.165, 1.54) is 29.4 Å². The third-order valence-electron chi connectivity index (χ3n) is 7.30. The maximum atomic E-state index is 15.2. The molecule has 3 amide bonds. The fourth-order valence-electron chi connectivity index (χ4n) is 5.22. The molecule has 3 N–H and O–H groups in total. The van der Waals surface area contributed by atoms with Crippen molar-refractivity contribution in [2.24, 2.45) is 23.0 Å². The maximum absolute atomic E-state index is 15.2. The smallest absolute Gasteiger partial charge is 0.314 e. The number of carbonyl (C=O) groups excluding carboxylic acids is 2. The number of likely N-dealkylation sites (tertiary alicyclic amines) is 1. The minimum Gasteiger partial charge on any atom is -0.351 e. The third-order valence-corrected chi connectivity index (χ3v) is 7.30. The van der Waals surface area contributed by atoms with Crippen molar-refractivity contribution in [2.75, 3.05) is 13.1 Å². The van der Waals surface area contributed by atoms with Crippen LogP contribution in [0.3, 0.4) is 0 Å². The van der Waals surface area contributed by atoms with E-state index < -0.39 is 59.4 Å². The molecule has 2 aliphatic carbocycles. The first-order valence-corrected chi connectivity index (χ1v) is 10.9. The minimum absolute atomic E-state index is 0.0238. The summed E-state index contributed by atoms with van der Waals surface area (Å²) in [6.45, 7) is -0.0477. The molecule has 3 fully saturated rings. The van der Waals surface area contributed by atoms with Gasteiger partial charge in [-0.1, -0.05) is 6.07 Å². The maximum Gasteiger partial charge on any atom is 0.314 e. The van der Waals surface area contributed by atoms with Crippen LogP contribution in [0, 0.1) is 28.6 Å². The first-order valence-electron chi connectivity index (χ1n) is 10.9. The molecule has 0 aromatic carbocycles. The van der Waals surface area contributed by atoms with Gasteiger partial charge < -0.3 is 16.0 Å². The number of nitrogens with one attached hydrogen (secondary N) is 1. The summed E-state index contributed by atoms with van der Waals surface area (Å²) in [4.78, 5) is 29.5. The molecular formula is C22H25F4N5O2. The summed E-state index contributed by atoms with van der Waals surface area (Å²) in [6, 6.07) is 4.16. The normalized spacial score (nSPS) is 25.1. The van der Waals surface area contributed by atoms with Gasteiger partial charge in [0, 0.05) is 49.7 Å². The lowest BCUT2D eigenvalue weighted by atomic mass is 9.83. The highest BCUT2D eigenvalue weighted by Gasteiger charge is 2.82. The molecule has 2 heterocycles. The summed E-state index contributed by atoms with van der Waals surface area (Å²) in [5, 5.41) is 11.7. The molecule has 2 saturated carbocycles. The summed E-state index contributed by atoms with van der Waals surface area (Å²) in [5.74, 6) is -11.0. The van der Waals surface area contributed by atoms with Crippen LogP contribution in [0.4, 0.5) is 22.4 Å². The lowest BCUT2D eigenvalue weighted by Gasteiger charge is -2.32. The van der Waals surface area contributed by atoms with E-state index in [4.69, 9.17) is 5.73 Å². The van der Waals surface area contributed by atoms with E-state index in [0.717, 1.165) is 0 Å². The van der Waals surface area contributed by atoms with Gasteiger partial charge in [-0.3, -0.25) is 9.78 Å². The zero-order chi connectivity index (χ0) is 24.1.